The van der Waals surface area contributed by atoms with Gasteiger partial charge in [-0.2, -0.15) is 13.2 Å². The molecule has 3 aromatic heterocycles. The molecule has 7 heteroatoms. The number of aromatic amines is 1. The Bertz CT molecular complexity index is 742. The number of fused-ring (bicyclic) bond motifs is 1. The monoisotopic (exact) mass is 286 g/mol. The van der Waals surface area contributed by atoms with Gasteiger partial charge in [0, 0.05) is 22.7 Å². The Labute approximate surface area is 108 Å². The quantitative estimate of drug-likeness (QED) is 0.658. The second-order valence-corrected chi connectivity index (χ2v) is 4.83. The van der Waals surface area contributed by atoms with Gasteiger partial charge in [0.2, 0.25) is 0 Å². The molecule has 0 spiro atoms. The minimum atomic E-state index is -4.42. The molecule has 3 rings (SSSR count). The van der Waals surface area contributed by atoms with Crippen LogP contribution in [-0.2, 0) is 6.18 Å². The molecule has 0 bridgehead atoms. The van der Waals surface area contributed by atoms with Crippen molar-refractivity contribution in [3.63, 3.8) is 0 Å². The van der Waals surface area contributed by atoms with Gasteiger partial charge in [-0.05, 0) is 17.5 Å². The van der Waals surface area contributed by atoms with Crippen LogP contribution in [0.3, 0.4) is 0 Å². The molecule has 0 aromatic carbocycles. The topological polar surface area (TPSA) is 28.7 Å². The van der Waals surface area contributed by atoms with E-state index in [0.29, 0.717) is 27.9 Å². The first-order valence-corrected chi connectivity index (χ1v) is 6.12. The maximum atomic E-state index is 13.2. The van der Waals surface area contributed by atoms with Gasteiger partial charge in [0.15, 0.2) is 0 Å². The number of H-pyrrole nitrogens is 1. The van der Waals surface area contributed by atoms with Crippen molar-refractivity contribution in [2.24, 2.45) is 0 Å². The van der Waals surface area contributed by atoms with Crippen LogP contribution in [0.4, 0.5) is 17.6 Å². The van der Waals surface area contributed by atoms with Crippen molar-refractivity contribution in [3.05, 3.63) is 40.6 Å². The highest BCUT2D eigenvalue weighted by Gasteiger charge is 2.35. The Balaban J connectivity index is 2.26. The molecule has 3 heterocycles. The summed E-state index contributed by atoms with van der Waals surface area (Å²) in [4.78, 5) is 5.84. The van der Waals surface area contributed by atoms with E-state index in [9.17, 15) is 17.6 Å². The summed E-state index contributed by atoms with van der Waals surface area (Å²) in [7, 11) is 0. The fourth-order valence-electron chi connectivity index (χ4n) is 1.94. The second-order valence-electron chi connectivity index (χ2n) is 3.91. The molecule has 1 N–H and O–H groups in total. The van der Waals surface area contributed by atoms with Crippen LogP contribution >= 0.6 is 11.3 Å². The Morgan fingerprint density at radius 3 is 2.74 bits per heavy atom. The minimum absolute atomic E-state index is 0.0381. The fraction of sp³-hybridized carbons (Fsp3) is 0.0833. The lowest BCUT2D eigenvalue weighted by Crippen LogP contribution is -2.03. The number of halogens is 4. The van der Waals surface area contributed by atoms with Crippen LogP contribution in [0.15, 0.2) is 29.9 Å². The van der Waals surface area contributed by atoms with Crippen LogP contribution in [-0.4, -0.2) is 9.97 Å². The number of hydrogen-bond donors (Lipinski definition) is 1. The van der Waals surface area contributed by atoms with Crippen LogP contribution in [0.25, 0.3) is 22.2 Å². The van der Waals surface area contributed by atoms with E-state index in [1.807, 2.05) is 0 Å². The van der Waals surface area contributed by atoms with Gasteiger partial charge in [-0.1, -0.05) is 0 Å². The molecule has 98 valence electrons. The van der Waals surface area contributed by atoms with Crippen LogP contribution in [0.1, 0.15) is 4.88 Å². The minimum Gasteiger partial charge on any atom is -0.346 e. The lowest BCUT2D eigenvalue weighted by Gasteiger charge is -2.06. The molecule has 0 saturated carbocycles. The van der Waals surface area contributed by atoms with Crippen LogP contribution < -0.4 is 0 Å². The van der Waals surface area contributed by atoms with Crippen LogP contribution in [0.2, 0.25) is 0 Å². The van der Waals surface area contributed by atoms with Gasteiger partial charge in [0.05, 0.1) is 6.20 Å². The first kappa shape index (κ1) is 12.2. The number of nitrogens with one attached hydrogen (secondary N) is 1. The molecule has 0 amide bonds. The Hall–Kier alpha value is -1.89. The summed E-state index contributed by atoms with van der Waals surface area (Å²) in [5.41, 5.74) is 0.697. The molecule has 0 fully saturated rings. The molecule has 3 aromatic rings. The highest BCUT2D eigenvalue weighted by Crippen LogP contribution is 2.42. The largest absolute Gasteiger partial charge is 0.426 e. The summed E-state index contributed by atoms with van der Waals surface area (Å²) in [5.74, 6) is -0.586. The van der Waals surface area contributed by atoms with Crippen molar-refractivity contribution in [1.82, 2.24) is 9.97 Å². The smallest absolute Gasteiger partial charge is 0.346 e. The molecule has 0 aliphatic rings. The summed E-state index contributed by atoms with van der Waals surface area (Å²) >= 11 is 0.614. The van der Waals surface area contributed by atoms with E-state index in [1.54, 1.807) is 0 Å². The second kappa shape index (κ2) is 4.06. The van der Waals surface area contributed by atoms with E-state index in [0.717, 1.165) is 6.20 Å². The molecule has 2 nitrogen and oxygen atoms in total. The lowest BCUT2D eigenvalue weighted by atomic mass is 10.1. The van der Waals surface area contributed by atoms with Gasteiger partial charge < -0.3 is 4.98 Å². The zero-order valence-corrected chi connectivity index (χ0v) is 10.1. The molecule has 0 radical (unpaired) electrons. The lowest BCUT2D eigenvalue weighted by molar-refractivity contribution is -0.133. The SMILES string of the molecule is Fc1cnc2[nH]cc(-c3ccsc3C(F)(F)F)c2c1. The summed E-state index contributed by atoms with van der Waals surface area (Å²) in [6.45, 7) is 0. The van der Waals surface area contributed by atoms with Crippen molar-refractivity contribution in [1.29, 1.82) is 0 Å². The van der Waals surface area contributed by atoms with E-state index in [4.69, 9.17) is 0 Å². The van der Waals surface area contributed by atoms with Crippen LogP contribution in [0.5, 0.6) is 0 Å². The number of pyridine rings is 1. The van der Waals surface area contributed by atoms with E-state index in [2.05, 4.69) is 9.97 Å². The Morgan fingerprint density at radius 2 is 2.00 bits per heavy atom. The van der Waals surface area contributed by atoms with Gasteiger partial charge in [-0.15, -0.1) is 11.3 Å². The molecule has 0 aliphatic carbocycles. The summed E-state index contributed by atoms with van der Waals surface area (Å²) in [6, 6.07) is 2.55. The third-order valence-corrected chi connectivity index (χ3v) is 3.67. The van der Waals surface area contributed by atoms with Gasteiger partial charge in [-0.3, -0.25) is 0 Å². The summed E-state index contributed by atoms with van der Waals surface area (Å²) in [5, 5.41) is 1.70. The standard InChI is InChI=1S/C12H6F4N2S/c13-6-3-8-9(5-18-11(8)17-4-6)7-1-2-19-10(7)12(14,15)16/h1-5H,(H,17,18). The molecular formula is C12H6F4N2S. The predicted molar refractivity (Wildman–Crippen MR) is 64.4 cm³/mol. The van der Waals surface area contributed by atoms with Gasteiger partial charge in [0.1, 0.15) is 16.3 Å². The van der Waals surface area contributed by atoms with Crippen molar-refractivity contribution >= 4 is 22.4 Å². The van der Waals surface area contributed by atoms with Crippen molar-refractivity contribution < 1.29 is 17.6 Å². The third kappa shape index (κ3) is 1.99. The molecule has 0 unspecified atom stereocenters. The summed E-state index contributed by atoms with van der Waals surface area (Å²) < 4.78 is 51.8. The average Bonchev–Trinajstić information content (AvgIpc) is 2.91. The first-order chi connectivity index (χ1) is 8.97. The highest BCUT2D eigenvalue weighted by molar-refractivity contribution is 7.10. The fourth-order valence-corrected chi connectivity index (χ4v) is 2.72. The molecule has 0 saturated heterocycles. The van der Waals surface area contributed by atoms with Gasteiger partial charge in [0.25, 0.3) is 0 Å². The zero-order valence-electron chi connectivity index (χ0n) is 9.25. The van der Waals surface area contributed by atoms with Gasteiger partial charge in [-0.25, -0.2) is 9.37 Å². The maximum absolute atomic E-state index is 13.2. The van der Waals surface area contributed by atoms with Crippen molar-refractivity contribution in [3.8, 4) is 11.1 Å². The highest BCUT2D eigenvalue weighted by atomic mass is 32.1. The van der Waals surface area contributed by atoms with Crippen molar-refractivity contribution in [2.75, 3.05) is 0 Å². The zero-order chi connectivity index (χ0) is 13.6. The number of aromatic nitrogens is 2. The average molecular weight is 286 g/mol. The summed E-state index contributed by atoms with van der Waals surface area (Å²) in [6.07, 6.45) is -2.00. The Morgan fingerprint density at radius 1 is 1.21 bits per heavy atom. The third-order valence-electron chi connectivity index (χ3n) is 2.71. The molecule has 19 heavy (non-hydrogen) atoms. The van der Waals surface area contributed by atoms with Crippen molar-refractivity contribution in [2.45, 2.75) is 6.18 Å². The number of rotatable bonds is 1. The van der Waals surface area contributed by atoms with E-state index in [1.165, 1.54) is 23.7 Å². The normalized spacial score (nSPS) is 12.2. The first-order valence-electron chi connectivity index (χ1n) is 5.24. The van der Waals surface area contributed by atoms with Gasteiger partial charge >= 0.3 is 6.18 Å². The number of nitrogens with zero attached hydrogens (tertiary/aromatic N) is 1. The van der Waals surface area contributed by atoms with E-state index < -0.39 is 16.9 Å². The molecular weight excluding hydrogens is 280 g/mol. The Kier molecular flexibility index (Phi) is 2.60. The van der Waals surface area contributed by atoms with E-state index >= 15 is 0 Å². The number of hydrogen-bond acceptors (Lipinski definition) is 2. The molecule has 0 atom stereocenters. The predicted octanol–water partition coefficient (Wildman–Crippen LogP) is 4.45. The number of alkyl halides is 3. The number of thiophene rings is 1. The maximum Gasteiger partial charge on any atom is 0.426 e. The molecule has 0 aliphatic heterocycles. The van der Waals surface area contributed by atoms with E-state index in [-0.39, 0.29) is 5.56 Å². The van der Waals surface area contributed by atoms with Crippen LogP contribution in [0, 0.1) is 5.82 Å².